The van der Waals surface area contributed by atoms with E-state index in [1.807, 2.05) is 6.08 Å². The molecule has 7 nitrogen and oxygen atoms in total. The average Bonchev–Trinajstić information content (AvgIpc) is 3.60. The minimum absolute atomic E-state index is 0.0996. The summed E-state index contributed by atoms with van der Waals surface area (Å²) in [5.74, 6) is -4.95. The van der Waals surface area contributed by atoms with Crippen molar-refractivity contribution in [3.8, 4) is 0 Å². The molecule has 15 heteroatoms. The van der Waals surface area contributed by atoms with Crippen LogP contribution >= 0.6 is 0 Å². The molecule has 6 atom stereocenters. The fraction of sp³-hybridized carbons (Fsp3) is 0.500. The molecular weight excluding hydrogens is 598 g/mol. The normalized spacial score (nSPS) is 28.0. The van der Waals surface area contributed by atoms with E-state index in [1.165, 1.54) is 38.3 Å². The van der Waals surface area contributed by atoms with E-state index in [4.69, 9.17) is 0 Å². The molecule has 0 aromatic rings. The summed E-state index contributed by atoms with van der Waals surface area (Å²) in [6.45, 7) is 4.54. The maximum atomic E-state index is 13.5. The van der Waals surface area contributed by atoms with Crippen LogP contribution in [0.3, 0.4) is 0 Å². The minimum Gasteiger partial charge on any atom is -0.545 e. The summed E-state index contributed by atoms with van der Waals surface area (Å²) >= 11 is 0. The van der Waals surface area contributed by atoms with Crippen molar-refractivity contribution >= 4 is 23.8 Å². The molecule has 1 aliphatic heterocycles. The fourth-order valence-electron chi connectivity index (χ4n) is 4.59. The first-order valence-corrected chi connectivity index (χ1v) is 12.7. The molecule has 0 spiro atoms. The maximum Gasteiger partial charge on any atom is 0.432 e. The Balaban J connectivity index is 0.000000246. The Morgan fingerprint density at radius 1 is 1.12 bits per heavy atom. The Morgan fingerprint density at radius 3 is 2.09 bits per heavy atom. The van der Waals surface area contributed by atoms with Crippen LogP contribution in [0.25, 0.3) is 0 Å². The number of carbonyl (C=O) groups excluding carboxylic acids is 4. The van der Waals surface area contributed by atoms with Gasteiger partial charge in [-0.05, 0) is 55.7 Å². The predicted molar refractivity (Wildman–Crippen MR) is 132 cm³/mol. The SMILES string of the molecule is C=C(CC1(C)C(F)=CC=CC1F)C(=O)[O-].CN1C(=O)C=CC1=O.O=C(OC(F)(F)C(F)CC(F)(F)F)C1CC2C=CC1C2. The van der Waals surface area contributed by atoms with Gasteiger partial charge in [0.25, 0.3) is 11.8 Å². The maximum absolute atomic E-state index is 13.5. The van der Waals surface area contributed by atoms with Crippen molar-refractivity contribution in [2.24, 2.45) is 23.2 Å². The van der Waals surface area contributed by atoms with Gasteiger partial charge < -0.3 is 14.6 Å². The van der Waals surface area contributed by atoms with Crippen LogP contribution in [0.2, 0.25) is 0 Å². The number of allylic oxidation sites excluding steroid dienone is 6. The van der Waals surface area contributed by atoms with Gasteiger partial charge in [-0.2, -0.15) is 22.0 Å². The largest absolute Gasteiger partial charge is 0.545 e. The molecule has 2 bridgehead atoms. The summed E-state index contributed by atoms with van der Waals surface area (Å²) in [7, 11) is 1.45. The molecule has 43 heavy (non-hydrogen) atoms. The summed E-state index contributed by atoms with van der Waals surface area (Å²) in [5, 5.41) is 10.4. The van der Waals surface area contributed by atoms with E-state index in [9.17, 15) is 59.4 Å². The van der Waals surface area contributed by atoms with Crippen molar-refractivity contribution in [2.75, 3.05) is 7.05 Å². The molecule has 3 aliphatic carbocycles. The number of hydrogen-bond donors (Lipinski definition) is 0. The Labute approximate surface area is 241 Å². The highest BCUT2D eigenvalue weighted by Gasteiger charge is 2.52. The van der Waals surface area contributed by atoms with Gasteiger partial charge in [0.05, 0.1) is 23.7 Å². The molecule has 238 valence electrons. The van der Waals surface area contributed by atoms with E-state index in [-0.39, 0.29) is 35.6 Å². The molecule has 6 unspecified atom stereocenters. The molecule has 4 aliphatic rings. The summed E-state index contributed by atoms with van der Waals surface area (Å²) in [6, 6.07) is 0. The zero-order valence-electron chi connectivity index (χ0n) is 22.9. The molecule has 1 saturated carbocycles. The fourth-order valence-corrected chi connectivity index (χ4v) is 4.59. The number of nitrogens with zero attached hydrogens (tertiary/aromatic N) is 1. The average molecular weight is 627 g/mol. The number of aliphatic carboxylic acids is 1. The van der Waals surface area contributed by atoms with Gasteiger partial charge >= 0.3 is 18.3 Å². The van der Waals surface area contributed by atoms with Gasteiger partial charge in [0.2, 0.25) is 6.17 Å². The third-order valence-electron chi connectivity index (χ3n) is 7.17. The smallest absolute Gasteiger partial charge is 0.432 e. The van der Waals surface area contributed by atoms with Crippen LogP contribution in [-0.4, -0.2) is 60.3 Å². The highest BCUT2D eigenvalue weighted by Crippen LogP contribution is 2.45. The van der Waals surface area contributed by atoms with Crippen molar-refractivity contribution in [1.29, 1.82) is 0 Å². The number of carbonyl (C=O) groups is 4. The Kier molecular flexibility index (Phi) is 11.3. The van der Waals surface area contributed by atoms with Crippen LogP contribution in [-0.2, 0) is 23.9 Å². The second kappa shape index (κ2) is 13.7. The van der Waals surface area contributed by atoms with E-state index in [0.29, 0.717) is 12.8 Å². The number of likely N-dealkylation sites (N-methyl/N-ethyl adjacent to an activating group) is 1. The number of hydrogen-bond acceptors (Lipinski definition) is 6. The molecule has 0 radical (unpaired) electrons. The molecule has 4 rings (SSSR count). The van der Waals surface area contributed by atoms with Gasteiger partial charge in [0.15, 0.2) is 0 Å². The Hall–Kier alpha value is -3.78. The molecule has 0 aromatic carbocycles. The number of carboxylic acid groups (broad SMARTS) is 1. The minimum atomic E-state index is -5.09. The number of carboxylic acids is 1. The molecule has 1 heterocycles. The van der Waals surface area contributed by atoms with Crippen molar-refractivity contribution in [3.05, 3.63) is 60.5 Å². The van der Waals surface area contributed by atoms with E-state index in [2.05, 4.69) is 11.3 Å². The van der Waals surface area contributed by atoms with E-state index >= 15 is 0 Å². The number of alkyl halides is 7. The molecule has 1 fully saturated rings. The number of imide groups is 1. The number of ether oxygens (including phenoxy) is 1. The van der Waals surface area contributed by atoms with Crippen molar-refractivity contribution < 1.29 is 64.1 Å². The summed E-state index contributed by atoms with van der Waals surface area (Å²) in [4.78, 5) is 43.8. The summed E-state index contributed by atoms with van der Waals surface area (Å²) in [6.07, 6.45) is -7.10. The quantitative estimate of drug-likeness (QED) is 0.134. The molecule has 0 aromatic heterocycles. The first-order valence-electron chi connectivity index (χ1n) is 12.7. The number of esters is 1. The number of halogens is 8. The highest BCUT2D eigenvalue weighted by molar-refractivity contribution is 6.12. The Bertz CT molecular complexity index is 1220. The van der Waals surface area contributed by atoms with Gasteiger partial charge in [0, 0.05) is 19.2 Å². The lowest BCUT2D eigenvalue weighted by Crippen LogP contribution is -2.40. The molecule has 2 amide bonds. The monoisotopic (exact) mass is 626 g/mol. The molecule has 0 saturated heterocycles. The topological polar surface area (TPSA) is 104 Å². The first kappa shape index (κ1) is 35.4. The second-order valence-corrected chi connectivity index (χ2v) is 10.5. The van der Waals surface area contributed by atoms with Crippen LogP contribution in [0, 0.1) is 23.2 Å². The van der Waals surface area contributed by atoms with Gasteiger partial charge in [-0.3, -0.25) is 19.3 Å². The number of fused-ring (bicyclic) bond motifs is 2. The van der Waals surface area contributed by atoms with Crippen LogP contribution in [0.4, 0.5) is 35.1 Å². The highest BCUT2D eigenvalue weighted by atomic mass is 19.4. The zero-order valence-corrected chi connectivity index (χ0v) is 22.9. The van der Waals surface area contributed by atoms with Gasteiger partial charge in [-0.25, -0.2) is 13.2 Å². The lowest BCUT2D eigenvalue weighted by atomic mass is 9.76. The third-order valence-corrected chi connectivity index (χ3v) is 7.17. The lowest BCUT2D eigenvalue weighted by Gasteiger charge is -2.32. The van der Waals surface area contributed by atoms with Crippen molar-refractivity contribution in [1.82, 2.24) is 4.90 Å². The van der Waals surface area contributed by atoms with Crippen molar-refractivity contribution in [3.63, 3.8) is 0 Å². The second-order valence-electron chi connectivity index (χ2n) is 10.5. The standard InChI is InChI=1S/C12H12F6O2.C11H12F2O2.C5H5NO2/c13-9(5-11(14,15)16)12(17,18)20-10(19)8-4-6-1-2-7(8)3-6;1-7(10(14)15)6-11(2)8(12)4-3-5-9(11)13;1-6-4(7)2-3-5(6)8/h1-2,6-9H,3-5H2;3-5,8H,1,6H2,2H3,(H,14,15);2-3H,1H3/p-1. The van der Waals surface area contributed by atoms with Crippen LogP contribution < -0.4 is 5.11 Å². The van der Waals surface area contributed by atoms with E-state index < -0.39 is 60.1 Å². The Morgan fingerprint density at radius 2 is 1.70 bits per heavy atom. The van der Waals surface area contributed by atoms with Gasteiger partial charge in [-0.1, -0.05) is 24.8 Å². The lowest BCUT2D eigenvalue weighted by molar-refractivity contribution is -0.299. The van der Waals surface area contributed by atoms with Crippen molar-refractivity contribution in [2.45, 2.75) is 57.2 Å². The first-order chi connectivity index (χ1) is 19.7. The molecular formula is C28H28F8NO6-. The number of rotatable bonds is 7. The number of amides is 2. The van der Waals surface area contributed by atoms with E-state index in [0.717, 1.165) is 11.0 Å². The van der Waals surface area contributed by atoms with Gasteiger partial charge in [-0.15, -0.1) is 0 Å². The van der Waals surface area contributed by atoms with E-state index in [1.54, 1.807) is 6.08 Å². The van der Waals surface area contributed by atoms with Crippen LogP contribution in [0.5, 0.6) is 0 Å². The predicted octanol–water partition coefficient (Wildman–Crippen LogP) is 4.62. The third kappa shape index (κ3) is 9.35. The summed E-state index contributed by atoms with van der Waals surface area (Å²) < 4.78 is 105. The summed E-state index contributed by atoms with van der Waals surface area (Å²) in [5.41, 5.74) is -1.79. The zero-order chi connectivity index (χ0) is 32.9. The van der Waals surface area contributed by atoms with Crippen LogP contribution in [0.1, 0.15) is 32.6 Å². The molecule has 0 N–H and O–H groups in total. The van der Waals surface area contributed by atoms with Gasteiger partial charge in [0.1, 0.15) is 12.0 Å². The van der Waals surface area contributed by atoms with Crippen LogP contribution in [0.15, 0.2) is 60.5 Å².